The van der Waals surface area contributed by atoms with Gasteiger partial charge < -0.3 is 14.4 Å². The Morgan fingerprint density at radius 2 is 2.33 bits per heavy atom. The average molecular weight is 274 g/mol. The highest BCUT2D eigenvalue weighted by Crippen LogP contribution is 2.16. The van der Waals surface area contributed by atoms with E-state index in [9.17, 15) is 9.59 Å². The summed E-state index contributed by atoms with van der Waals surface area (Å²) in [6, 6.07) is 1.32. The number of hydrogen-bond donors (Lipinski definition) is 1. The molecule has 1 N–H and O–H groups in total. The highest BCUT2D eigenvalue weighted by molar-refractivity contribution is 9.10. The molecule has 2 rings (SSSR count). The lowest BCUT2D eigenvalue weighted by Crippen LogP contribution is -2.32. The molecule has 1 aromatic rings. The van der Waals surface area contributed by atoms with Gasteiger partial charge in [-0.1, -0.05) is 0 Å². The maximum absolute atomic E-state index is 11.7. The molecule has 0 saturated carbocycles. The van der Waals surface area contributed by atoms with Gasteiger partial charge in [0.2, 0.25) is 0 Å². The zero-order valence-electron chi connectivity index (χ0n) is 7.70. The van der Waals surface area contributed by atoms with Gasteiger partial charge in [-0.15, -0.1) is 0 Å². The second-order valence-electron chi connectivity index (χ2n) is 3.17. The monoisotopic (exact) mass is 273 g/mol. The Labute approximate surface area is 93.4 Å². The van der Waals surface area contributed by atoms with Gasteiger partial charge in [0.25, 0.3) is 5.56 Å². The van der Waals surface area contributed by atoms with Gasteiger partial charge in [0, 0.05) is 6.54 Å². The van der Waals surface area contributed by atoms with E-state index < -0.39 is 5.97 Å². The third-order valence-electron chi connectivity index (χ3n) is 2.29. The van der Waals surface area contributed by atoms with Crippen molar-refractivity contribution in [1.82, 2.24) is 4.57 Å². The molecule has 0 spiro atoms. The van der Waals surface area contributed by atoms with Gasteiger partial charge in [-0.3, -0.25) is 4.79 Å². The van der Waals surface area contributed by atoms with Crippen LogP contribution >= 0.6 is 15.9 Å². The van der Waals surface area contributed by atoms with Crippen LogP contribution in [-0.2, 0) is 17.9 Å². The molecule has 0 saturated heterocycles. The zero-order valence-corrected chi connectivity index (χ0v) is 9.28. The fourth-order valence-corrected chi connectivity index (χ4v) is 2.01. The Morgan fingerprint density at radius 3 is 3.00 bits per heavy atom. The van der Waals surface area contributed by atoms with Crippen molar-refractivity contribution in [2.24, 2.45) is 0 Å². The van der Waals surface area contributed by atoms with Crippen LogP contribution in [0.4, 0.5) is 0 Å². The Bertz CT molecular complexity index is 480. The predicted molar refractivity (Wildman–Crippen MR) is 55.0 cm³/mol. The van der Waals surface area contributed by atoms with Crippen LogP contribution < -0.4 is 5.56 Å². The molecule has 1 aromatic heterocycles. The number of carbonyl (C=O) groups is 1. The van der Waals surface area contributed by atoms with E-state index in [4.69, 9.17) is 9.84 Å². The number of nitrogens with zero attached hydrogens (tertiary/aromatic N) is 1. The third kappa shape index (κ3) is 1.70. The van der Waals surface area contributed by atoms with Crippen LogP contribution in [0.5, 0.6) is 0 Å². The summed E-state index contributed by atoms with van der Waals surface area (Å²) in [7, 11) is 0. The summed E-state index contributed by atoms with van der Waals surface area (Å²) < 4.78 is 6.85. The highest BCUT2D eigenvalue weighted by atomic mass is 79.9. The summed E-state index contributed by atoms with van der Waals surface area (Å²) in [4.78, 5) is 22.6. The molecule has 0 radical (unpaired) electrons. The molecule has 15 heavy (non-hydrogen) atoms. The van der Waals surface area contributed by atoms with Gasteiger partial charge in [-0.2, -0.15) is 0 Å². The lowest BCUT2D eigenvalue weighted by Gasteiger charge is -2.20. The Balaban J connectivity index is 2.73. The fourth-order valence-electron chi connectivity index (χ4n) is 1.57. The number of halogens is 1. The molecule has 0 atom stereocenters. The van der Waals surface area contributed by atoms with Crippen molar-refractivity contribution in [3.63, 3.8) is 0 Å². The first-order valence-corrected chi connectivity index (χ1v) is 5.14. The number of ether oxygens (including phenoxy) is 1. The first kappa shape index (κ1) is 10.4. The van der Waals surface area contributed by atoms with E-state index in [-0.39, 0.29) is 22.2 Å². The molecular formula is C9H8BrNO4. The lowest BCUT2D eigenvalue weighted by atomic mass is 10.2. The standard InChI is InChI=1S/C9H8BrNO4/c10-6-3-5(9(13)14)7-4-15-2-1-11(7)8(6)12/h3H,1-2,4H2,(H,13,14). The predicted octanol–water partition coefficient (Wildman–Crippen LogP) is 0.839. The largest absolute Gasteiger partial charge is 0.478 e. The quantitative estimate of drug-likeness (QED) is 0.823. The van der Waals surface area contributed by atoms with Crippen molar-refractivity contribution in [2.75, 3.05) is 6.61 Å². The number of aromatic nitrogens is 1. The van der Waals surface area contributed by atoms with Gasteiger partial charge >= 0.3 is 5.97 Å². The fraction of sp³-hybridized carbons (Fsp3) is 0.333. The van der Waals surface area contributed by atoms with Crippen LogP contribution in [0.25, 0.3) is 0 Å². The number of pyridine rings is 1. The first-order valence-electron chi connectivity index (χ1n) is 4.34. The van der Waals surface area contributed by atoms with Crippen LogP contribution in [0.3, 0.4) is 0 Å². The Kier molecular flexibility index (Phi) is 2.62. The number of hydrogen-bond acceptors (Lipinski definition) is 3. The first-order chi connectivity index (χ1) is 7.11. The van der Waals surface area contributed by atoms with E-state index in [0.717, 1.165) is 0 Å². The smallest absolute Gasteiger partial charge is 0.337 e. The number of fused-ring (bicyclic) bond motifs is 1. The van der Waals surface area contributed by atoms with Crippen molar-refractivity contribution in [3.8, 4) is 0 Å². The van der Waals surface area contributed by atoms with Gasteiger partial charge in [0.1, 0.15) is 0 Å². The number of rotatable bonds is 1. The van der Waals surface area contributed by atoms with Crippen LogP contribution in [0.1, 0.15) is 16.1 Å². The summed E-state index contributed by atoms with van der Waals surface area (Å²) in [5, 5.41) is 8.96. The van der Waals surface area contributed by atoms with E-state index in [1.807, 2.05) is 0 Å². The van der Waals surface area contributed by atoms with Gasteiger partial charge in [0.05, 0.1) is 28.9 Å². The number of carboxylic acid groups (broad SMARTS) is 1. The molecule has 1 aliphatic heterocycles. The third-order valence-corrected chi connectivity index (χ3v) is 2.85. The van der Waals surface area contributed by atoms with Gasteiger partial charge in [0.15, 0.2) is 0 Å². The van der Waals surface area contributed by atoms with E-state index in [1.165, 1.54) is 10.6 Å². The maximum atomic E-state index is 11.7. The molecule has 0 unspecified atom stereocenters. The second-order valence-corrected chi connectivity index (χ2v) is 4.02. The minimum atomic E-state index is -1.05. The summed E-state index contributed by atoms with van der Waals surface area (Å²) in [6.45, 7) is 1.00. The minimum absolute atomic E-state index is 0.112. The summed E-state index contributed by atoms with van der Waals surface area (Å²) >= 11 is 3.06. The molecule has 0 bridgehead atoms. The average Bonchev–Trinajstić information content (AvgIpc) is 2.23. The van der Waals surface area contributed by atoms with Crippen molar-refractivity contribution >= 4 is 21.9 Å². The molecule has 6 heteroatoms. The molecule has 0 aromatic carbocycles. The molecule has 0 fully saturated rings. The molecule has 2 heterocycles. The van der Waals surface area contributed by atoms with Crippen molar-refractivity contribution in [2.45, 2.75) is 13.2 Å². The summed E-state index contributed by atoms with van der Waals surface area (Å²) in [6.07, 6.45) is 0. The Hall–Kier alpha value is -1.14. The second kappa shape index (κ2) is 3.79. The topological polar surface area (TPSA) is 68.5 Å². The molecule has 80 valence electrons. The molecule has 5 nitrogen and oxygen atoms in total. The van der Waals surface area contributed by atoms with E-state index >= 15 is 0 Å². The lowest BCUT2D eigenvalue weighted by molar-refractivity contribution is 0.0648. The van der Waals surface area contributed by atoms with E-state index in [2.05, 4.69) is 15.9 Å². The van der Waals surface area contributed by atoms with Crippen LogP contribution in [0.2, 0.25) is 0 Å². The van der Waals surface area contributed by atoms with Gasteiger partial charge in [-0.05, 0) is 22.0 Å². The van der Waals surface area contributed by atoms with E-state index in [1.54, 1.807) is 0 Å². The van der Waals surface area contributed by atoms with Crippen molar-refractivity contribution in [1.29, 1.82) is 0 Å². The molecule has 1 aliphatic rings. The normalized spacial score (nSPS) is 14.7. The number of aromatic carboxylic acids is 1. The molecule has 0 amide bonds. The zero-order chi connectivity index (χ0) is 11.0. The van der Waals surface area contributed by atoms with Crippen LogP contribution in [-0.4, -0.2) is 22.2 Å². The maximum Gasteiger partial charge on any atom is 0.337 e. The number of carboxylic acids is 1. The van der Waals surface area contributed by atoms with Crippen LogP contribution in [0.15, 0.2) is 15.3 Å². The van der Waals surface area contributed by atoms with Crippen LogP contribution in [0, 0.1) is 0 Å². The molecular weight excluding hydrogens is 266 g/mol. The minimum Gasteiger partial charge on any atom is -0.478 e. The SMILES string of the molecule is O=C(O)c1cc(Br)c(=O)n2c1COCC2. The molecule has 0 aliphatic carbocycles. The van der Waals surface area contributed by atoms with Gasteiger partial charge in [-0.25, -0.2) is 4.79 Å². The summed E-state index contributed by atoms with van der Waals surface area (Å²) in [5.41, 5.74) is 0.335. The Morgan fingerprint density at radius 1 is 1.60 bits per heavy atom. The van der Waals surface area contributed by atoms with Crippen molar-refractivity contribution in [3.05, 3.63) is 32.2 Å². The van der Waals surface area contributed by atoms with E-state index in [0.29, 0.717) is 18.8 Å². The van der Waals surface area contributed by atoms with Crippen molar-refractivity contribution < 1.29 is 14.6 Å². The summed E-state index contributed by atoms with van der Waals surface area (Å²) in [5.74, 6) is -1.05. The highest BCUT2D eigenvalue weighted by Gasteiger charge is 2.20.